The first-order valence-electron chi connectivity index (χ1n) is 9.07. The van der Waals surface area contributed by atoms with E-state index in [0.29, 0.717) is 0 Å². The maximum atomic E-state index is 4.26. The van der Waals surface area contributed by atoms with E-state index in [1.807, 2.05) is 24.8 Å². The maximum absolute atomic E-state index is 4.26. The van der Waals surface area contributed by atoms with Gasteiger partial charge in [0, 0.05) is 35.6 Å². The van der Waals surface area contributed by atoms with Gasteiger partial charge in [-0.1, -0.05) is 48.5 Å². The highest BCUT2D eigenvalue weighted by atomic mass is 14.6. The van der Waals surface area contributed by atoms with Crippen LogP contribution in [0.3, 0.4) is 0 Å². The van der Waals surface area contributed by atoms with E-state index < -0.39 is 0 Å². The summed E-state index contributed by atoms with van der Waals surface area (Å²) in [6.07, 6.45) is 7.57. The minimum atomic E-state index is 1.16. The van der Waals surface area contributed by atoms with Crippen LogP contribution < -0.4 is 0 Å². The minimum absolute atomic E-state index is 1.16. The Kier molecular flexibility index (Phi) is 3.68. The highest BCUT2D eigenvalue weighted by molar-refractivity contribution is 5.99. The van der Waals surface area contributed by atoms with Crippen molar-refractivity contribution < 1.29 is 0 Å². The van der Waals surface area contributed by atoms with Crippen LogP contribution in [0.25, 0.3) is 43.8 Å². The molecule has 0 saturated carbocycles. The lowest BCUT2D eigenvalue weighted by Gasteiger charge is -2.12. The molecule has 3 aromatic carbocycles. The molecule has 0 aliphatic rings. The van der Waals surface area contributed by atoms with Gasteiger partial charge in [-0.05, 0) is 63.7 Å². The summed E-state index contributed by atoms with van der Waals surface area (Å²) in [5.74, 6) is 0. The molecule has 0 unspecified atom stereocenters. The molecule has 0 aliphatic carbocycles. The second-order valence-corrected chi connectivity index (χ2v) is 6.89. The molecule has 2 heteroatoms. The highest BCUT2D eigenvalue weighted by Gasteiger charge is 2.09. The second-order valence-electron chi connectivity index (χ2n) is 6.89. The van der Waals surface area contributed by atoms with Crippen molar-refractivity contribution in [3.63, 3.8) is 0 Å². The summed E-state index contributed by atoms with van der Waals surface area (Å²) in [5, 5.41) is 4.78. The number of pyridine rings is 2. The van der Waals surface area contributed by atoms with Crippen LogP contribution in [0, 0.1) is 6.92 Å². The zero-order chi connectivity index (χ0) is 18.2. The summed E-state index contributed by atoms with van der Waals surface area (Å²) in [5.41, 5.74) is 6.18. The van der Waals surface area contributed by atoms with Crippen LogP contribution in [0.5, 0.6) is 0 Å². The van der Waals surface area contributed by atoms with Crippen molar-refractivity contribution >= 4 is 21.5 Å². The van der Waals surface area contributed by atoms with Gasteiger partial charge in [0.15, 0.2) is 0 Å². The quantitative estimate of drug-likeness (QED) is 0.368. The van der Waals surface area contributed by atoms with Crippen LogP contribution in [-0.2, 0) is 0 Å². The van der Waals surface area contributed by atoms with Gasteiger partial charge in [0.1, 0.15) is 0 Å². The first-order chi connectivity index (χ1) is 13.3. The molecule has 5 rings (SSSR count). The zero-order valence-corrected chi connectivity index (χ0v) is 15.1. The van der Waals surface area contributed by atoms with E-state index in [0.717, 1.165) is 10.8 Å². The highest BCUT2D eigenvalue weighted by Crippen LogP contribution is 2.34. The molecule has 0 saturated heterocycles. The van der Waals surface area contributed by atoms with Crippen LogP contribution >= 0.6 is 0 Å². The van der Waals surface area contributed by atoms with E-state index in [9.17, 15) is 0 Å². The molecule has 2 nitrogen and oxygen atoms in total. The average molecular weight is 346 g/mol. The number of benzene rings is 3. The average Bonchev–Trinajstić information content (AvgIpc) is 2.72. The summed E-state index contributed by atoms with van der Waals surface area (Å²) < 4.78 is 0. The summed E-state index contributed by atoms with van der Waals surface area (Å²) in [6.45, 7) is 2.16. The van der Waals surface area contributed by atoms with Gasteiger partial charge in [-0.2, -0.15) is 0 Å². The monoisotopic (exact) mass is 346 g/mol. The third-order valence-corrected chi connectivity index (χ3v) is 5.06. The molecule has 0 fully saturated rings. The van der Waals surface area contributed by atoms with E-state index >= 15 is 0 Å². The van der Waals surface area contributed by atoms with Gasteiger partial charge in [-0.3, -0.25) is 9.97 Å². The SMILES string of the molecule is Cc1cc(-c2cccc3cnccc23)cc(-c2cccc3cnccc23)c1. The Morgan fingerprint density at radius 2 is 1.11 bits per heavy atom. The van der Waals surface area contributed by atoms with Gasteiger partial charge >= 0.3 is 0 Å². The summed E-state index contributed by atoms with van der Waals surface area (Å²) in [7, 11) is 0. The lowest BCUT2D eigenvalue weighted by Crippen LogP contribution is -1.88. The Balaban J connectivity index is 1.76. The molecular formula is C25H18N2. The lowest BCUT2D eigenvalue weighted by molar-refractivity contribution is 1.36. The van der Waals surface area contributed by atoms with E-state index in [1.165, 1.54) is 38.6 Å². The largest absolute Gasteiger partial charge is 0.264 e. The summed E-state index contributed by atoms with van der Waals surface area (Å²) in [6, 6.07) is 23.8. The molecule has 2 aromatic heterocycles. The first kappa shape index (κ1) is 15.7. The number of hydrogen-bond donors (Lipinski definition) is 0. The second kappa shape index (κ2) is 6.33. The van der Waals surface area contributed by atoms with Crippen LogP contribution in [0.2, 0.25) is 0 Å². The van der Waals surface area contributed by atoms with E-state index in [2.05, 4.69) is 83.6 Å². The first-order valence-corrected chi connectivity index (χ1v) is 9.07. The number of fused-ring (bicyclic) bond motifs is 2. The number of hydrogen-bond acceptors (Lipinski definition) is 2. The molecule has 0 aliphatic heterocycles. The standard InChI is InChI=1S/C25H18N2/c1-17-12-20(22-6-2-4-18-15-26-10-8-24(18)22)14-21(13-17)23-7-3-5-19-16-27-11-9-25(19)23/h2-16H,1H3. The molecule has 27 heavy (non-hydrogen) atoms. The predicted octanol–water partition coefficient (Wildman–Crippen LogP) is 6.43. The van der Waals surface area contributed by atoms with Crippen LogP contribution in [0.4, 0.5) is 0 Å². The van der Waals surface area contributed by atoms with Crippen LogP contribution in [0.15, 0.2) is 91.5 Å². The normalized spacial score (nSPS) is 11.1. The third-order valence-electron chi connectivity index (χ3n) is 5.06. The van der Waals surface area contributed by atoms with Crippen LogP contribution in [0.1, 0.15) is 5.56 Å². The zero-order valence-electron chi connectivity index (χ0n) is 15.1. The third kappa shape index (κ3) is 2.76. The molecule has 5 aromatic rings. The van der Waals surface area contributed by atoms with Crippen LogP contribution in [-0.4, -0.2) is 9.97 Å². The van der Waals surface area contributed by atoms with Crippen molar-refractivity contribution in [2.24, 2.45) is 0 Å². The van der Waals surface area contributed by atoms with Crippen molar-refractivity contribution in [3.8, 4) is 22.3 Å². The van der Waals surface area contributed by atoms with E-state index in [4.69, 9.17) is 0 Å². The van der Waals surface area contributed by atoms with Gasteiger partial charge in [0.2, 0.25) is 0 Å². The Morgan fingerprint density at radius 1 is 0.593 bits per heavy atom. The Labute approximate surface area is 158 Å². The molecule has 0 N–H and O–H groups in total. The maximum Gasteiger partial charge on any atom is 0.0346 e. The van der Waals surface area contributed by atoms with Gasteiger partial charge < -0.3 is 0 Å². The van der Waals surface area contributed by atoms with Crippen molar-refractivity contribution in [1.29, 1.82) is 0 Å². The van der Waals surface area contributed by atoms with Crippen molar-refractivity contribution in [2.45, 2.75) is 6.92 Å². The number of aromatic nitrogens is 2. The lowest BCUT2D eigenvalue weighted by atomic mass is 9.92. The minimum Gasteiger partial charge on any atom is -0.264 e. The van der Waals surface area contributed by atoms with Crippen molar-refractivity contribution in [1.82, 2.24) is 9.97 Å². The fourth-order valence-corrected chi connectivity index (χ4v) is 3.84. The molecule has 0 spiro atoms. The van der Waals surface area contributed by atoms with E-state index in [1.54, 1.807) is 0 Å². The summed E-state index contributed by atoms with van der Waals surface area (Å²) >= 11 is 0. The van der Waals surface area contributed by atoms with Gasteiger partial charge in [-0.15, -0.1) is 0 Å². The summed E-state index contributed by atoms with van der Waals surface area (Å²) in [4.78, 5) is 8.52. The Hall–Kier alpha value is -3.52. The molecular weight excluding hydrogens is 328 g/mol. The Morgan fingerprint density at radius 3 is 1.63 bits per heavy atom. The van der Waals surface area contributed by atoms with E-state index in [-0.39, 0.29) is 0 Å². The molecule has 128 valence electrons. The number of rotatable bonds is 2. The molecule has 2 heterocycles. The molecule has 0 radical (unpaired) electrons. The number of nitrogens with zero attached hydrogens (tertiary/aromatic N) is 2. The topological polar surface area (TPSA) is 25.8 Å². The fourth-order valence-electron chi connectivity index (χ4n) is 3.84. The van der Waals surface area contributed by atoms with Crippen molar-refractivity contribution in [3.05, 3.63) is 97.1 Å². The smallest absolute Gasteiger partial charge is 0.0346 e. The number of aryl methyl sites for hydroxylation is 1. The van der Waals surface area contributed by atoms with Gasteiger partial charge in [0.05, 0.1) is 0 Å². The molecule has 0 bridgehead atoms. The Bertz CT molecular complexity index is 1180. The fraction of sp³-hybridized carbons (Fsp3) is 0.0400. The molecule has 0 amide bonds. The van der Waals surface area contributed by atoms with Gasteiger partial charge in [-0.25, -0.2) is 0 Å². The van der Waals surface area contributed by atoms with Crippen molar-refractivity contribution in [2.75, 3.05) is 0 Å². The molecule has 0 atom stereocenters. The predicted molar refractivity (Wildman–Crippen MR) is 113 cm³/mol. The van der Waals surface area contributed by atoms with Gasteiger partial charge in [0.25, 0.3) is 0 Å².